The van der Waals surface area contributed by atoms with Crippen LogP contribution in [0.15, 0.2) is 87.7 Å². The van der Waals surface area contributed by atoms with Gasteiger partial charge in [0, 0.05) is 0 Å². The second-order valence-electron chi connectivity index (χ2n) is 15.2. The molecule has 5 rings (SSSR count). The zero-order valence-corrected chi connectivity index (χ0v) is 31.4. The van der Waals surface area contributed by atoms with Crippen molar-refractivity contribution in [3.63, 3.8) is 0 Å². The van der Waals surface area contributed by atoms with Gasteiger partial charge in [0.25, 0.3) is 0 Å². The second-order valence-corrected chi connectivity index (χ2v) is 21.9. The Morgan fingerprint density at radius 2 is 1.12 bits per heavy atom. The van der Waals surface area contributed by atoms with E-state index >= 15 is 0 Å². The fraction of sp³-hybridized carbons (Fsp3) is 0.410. The van der Waals surface area contributed by atoms with Gasteiger partial charge in [0.2, 0.25) is 0 Å². The van der Waals surface area contributed by atoms with Crippen molar-refractivity contribution < 1.29 is 46.1 Å². The van der Waals surface area contributed by atoms with E-state index in [2.05, 4.69) is 155 Å². The van der Waals surface area contributed by atoms with Gasteiger partial charge in [0.15, 0.2) is 0 Å². The van der Waals surface area contributed by atoms with E-state index in [9.17, 15) is 0 Å². The van der Waals surface area contributed by atoms with Gasteiger partial charge >= 0.3 is 253 Å². The summed E-state index contributed by atoms with van der Waals surface area (Å²) < 4.78 is 3.88. The van der Waals surface area contributed by atoms with Gasteiger partial charge in [-0.25, -0.2) is 0 Å². The van der Waals surface area contributed by atoms with Crippen LogP contribution in [0, 0.1) is 11.3 Å². The fourth-order valence-electron chi connectivity index (χ4n) is 6.44. The second kappa shape index (κ2) is 12.5. The third kappa shape index (κ3) is 6.60. The van der Waals surface area contributed by atoms with Gasteiger partial charge in [-0.1, -0.05) is 0 Å². The van der Waals surface area contributed by atoms with Crippen LogP contribution in [0.2, 0.25) is 0 Å². The standard InChI is InChI=1S/C21H25.C10H15.C8H8.2ClH.Zr/c1-20(2,3)16-7-9-18-14(12-16)11-15-13-17(21(4,5)6)8-10-19(15)18;1-8-5-6-9(7-8)10(2,3)4;1-2-8-6-4-3-5-7-8;;;/h7-13H,1-6H3;6-8H,1-4H3;3-7H,1H3;2*1H;/q;;;;;+2/p-2. The van der Waals surface area contributed by atoms with Crippen molar-refractivity contribution in [1.29, 1.82) is 0 Å². The van der Waals surface area contributed by atoms with E-state index in [0.29, 0.717) is 9.54 Å². The van der Waals surface area contributed by atoms with Gasteiger partial charge in [-0.15, -0.1) is 0 Å². The molecular weight excluding hydrogens is 631 g/mol. The number of fused-ring (bicyclic) bond motifs is 3. The van der Waals surface area contributed by atoms with E-state index in [0.717, 1.165) is 0 Å². The van der Waals surface area contributed by atoms with E-state index in [1.807, 2.05) is 0 Å². The first kappa shape index (κ1) is 35.0. The summed E-state index contributed by atoms with van der Waals surface area (Å²) in [5.41, 5.74) is 12.3. The van der Waals surface area contributed by atoms with Gasteiger partial charge < -0.3 is 24.8 Å². The summed E-state index contributed by atoms with van der Waals surface area (Å²) in [5, 5.41) is 0. The Morgan fingerprint density at radius 1 is 0.643 bits per heavy atom. The topological polar surface area (TPSA) is 0 Å². The average molecular weight is 679 g/mol. The number of halogens is 2. The number of hydrogen-bond acceptors (Lipinski definition) is 0. The molecule has 0 heterocycles. The number of allylic oxidation sites excluding steroid dienone is 4. The van der Waals surface area contributed by atoms with E-state index in [-0.39, 0.29) is 41.1 Å². The number of benzene rings is 3. The Kier molecular flexibility index (Phi) is 10.4. The first-order chi connectivity index (χ1) is 18.6. The minimum absolute atomic E-state index is 0. The smallest absolute Gasteiger partial charge is 1.00 e. The third-order valence-corrected chi connectivity index (χ3v) is 17.7. The van der Waals surface area contributed by atoms with Gasteiger partial charge in [0.1, 0.15) is 0 Å². The van der Waals surface area contributed by atoms with Crippen molar-refractivity contribution in [3.8, 4) is 11.1 Å². The Morgan fingerprint density at radius 3 is 1.52 bits per heavy atom. The molecule has 0 N–H and O–H groups in total. The molecule has 222 valence electrons. The van der Waals surface area contributed by atoms with E-state index < -0.39 is 21.3 Å². The Hall–Kier alpha value is -1.53. The van der Waals surface area contributed by atoms with E-state index in [1.54, 1.807) is 17.6 Å². The molecule has 3 aromatic carbocycles. The van der Waals surface area contributed by atoms with Crippen LogP contribution in [0.3, 0.4) is 0 Å². The number of rotatable bonds is 3. The summed E-state index contributed by atoms with van der Waals surface area (Å²) in [4.78, 5) is 0. The molecule has 2 aliphatic carbocycles. The van der Waals surface area contributed by atoms with Crippen LogP contribution in [0.4, 0.5) is 0 Å². The normalized spacial score (nSPS) is 16.9. The summed E-state index contributed by atoms with van der Waals surface area (Å²) in [6, 6.07) is 26.1. The van der Waals surface area contributed by atoms with Gasteiger partial charge in [-0.3, -0.25) is 0 Å². The minimum Gasteiger partial charge on any atom is -1.00 e. The SMILES string of the molecule is C/[C](c1ccccc1)=[Zr+2](/[C]1=CC(C(C)(C)C)=CC1C)[CH]1c2cc(C(C)(C)C)ccc2-c2ccc(C(C)(C)C)cc21.[Cl-].[Cl-]. The van der Waals surface area contributed by atoms with Crippen LogP contribution < -0.4 is 24.8 Å². The van der Waals surface area contributed by atoms with Gasteiger partial charge in [-0.05, 0) is 0 Å². The van der Waals surface area contributed by atoms with E-state index in [4.69, 9.17) is 0 Å². The minimum atomic E-state index is -2.56. The molecule has 1 atom stereocenters. The molecule has 3 heteroatoms. The summed E-state index contributed by atoms with van der Waals surface area (Å²) in [6.45, 7) is 26.2. The molecule has 0 bridgehead atoms. The van der Waals surface area contributed by atoms with Crippen LogP contribution in [0.5, 0.6) is 0 Å². The van der Waals surface area contributed by atoms with Crippen LogP contribution in [0.25, 0.3) is 11.1 Å². The van der Waals surface area contributed by atoms with Crippen LogP contribution in [-0.2, 0) is 32.1 Å². The molecular formula is C39H48Cl2Zr. The predicted molar refractivity (Wildman–Crippen MR) is 172 cm³/mol. The third-order valence-electron chi connectivity index (χ3n) is 9.06. The summed E-state index contributed by atoms with van der Waals surface area (Å²) >= 11 is -2.56. The van der Waals surface area contributed by atoms with Crippen molar-refractivity contribution in [3.05, 3.63) is 116 Å². The molecule has 0 aromatic heterocycles. The van der Waals surface area contributed by atoms with Crippen molar-refractivity contribution in [2.24, 2.45) is 11.3 Å². The monoisotopic (exact) mass is 676 g/mol. The molecule has 0 spiro atoms. The predicted octanol–water partition coefficient (Wildman–Crippen LogP) is 4.72. The zero-order chi connectivity index (χ0) is 29.2. The van der Waals surface area contributed by atoms with Gasteiger partial charge in [-0.2, -0.15) is 0 Å². The molecule has 0 nitrogen and oxygen atoms in total. The zero-order valence-electron chi connectivity index (χ0n) is 27.4. The van der Waals surface area contributed by atoms with Crippen LogP contribution >= 0.6 is 0 Å². The molecule has 0 aliphatic heterocycles. The molecule has 42 heavy (non-hydrogen) atoms. The molecule has 0 saturated heterocycles. The van der Waals surface area contributed by atoms with Crippen LogP contribution in [0.1, 0.15) is 108 Å². The molecule has 0 amide bonds. The fourth-order valence-corrected chi connectivity index (χ4v) is 15.4. The van der Waals surface area contributed by atoms with Crippen LogP contribution in [-0.4, -0.2) is 3.21 Å². The van der Waals surface area contributed by atoms with Gasteiger partial charge in [0.05, 0.1) is 0 Å². The summed E-state index contributed by atoms with van der Waals surface area (Å²) in [5.74, 6) is 0.492. The molecule has 3 aromatic rings. The Bertz CT molecular complexity index is 1490. The molecule has 0 radical (unpaired) electrons. The molecule has 0 fully saturated rings. The number of hydrogen-bond donors (Lipinski definition) is 0. The quantitative estimate of drug-likeness (QED) is 0.377. The van der Waals surface area contributed by atoms with Crippen molar-refractivity contribution >= 4 is 3.21 Å². The average Bonchev–Trinajstić information content (AvgIpc) is 3.42. The molecule has 0 saturated carbocycles. The molecule has 2 aliphatic rings. The van der Waals surface area contributed by atoms with Crippen molar-refractivity contribution in [2.75, 3.05) is 0 Å². The maximum atomic E-state index is 2.64. The van der Waals surface area contributed by atoms with Crippen molar-refractivity contribution in [2.45, 2.75) is 90.6 Å². The first-order valence-electron chi connectivity index (χ1n) is 15.1. The van der Waals surface area contributed by atoms with Crippen molar-refractivity contribution in [1.82, 2.24) is 0 Å². The maximum Gasteiger partial charge on any atom is -1.00 e. The Labute approximate surface area is 276 Å². The van der Waals surface area contributed by atoms with E-state index in [1.165, 1.54) is 33.4 Å². The summed E-state index contributed by atoms with van der Waals surface area (Å²) in [7, 11) is 0. The largest absolute Gasteiger partial charge is 1.00 e. The first-order valence-corrected chi connectivity index (χ1v) is 18.9. The maximum absolute atomic E-state index is 2.64. The molecule has 1 unspecified atom stereocenters. The Balaban J connectivity index is 0.00000242. The summed E-state index contributed by atoms with van der Waals surface area (Å²) in [6.07, 6.45) is 5.22.